The maximum absolute atomic E-state index is 11.8. The van der Waals surface area contributed by atoms with Gasteiger partial charge in [-0.2, -0.15) is 0 Å². The molecule has 19 heavy (non-hydrogen) atoms. The molecule has 2 atom stereocenters. The molecule has 2 aromatic rings. The number of aliphatic hydroxyl groups is 1. The molecule has 0 bridgehead atoms. The standard InChI is InChI=1S/C13H16N2O2S2/c1-8(16)9(2)18-7-12(17)15-13-14-10-5-3-4-6-11(10)19-13/h3-6,8-9,16H,7H2,1-2H3,(H,14,15,17). The Morgan fingerprint density at radius 3 is 2.89 bits per heavy atom. The molecule has 0 aliphatic carbocycles. The van der Waals surface area contributed by atoms with Gasteiger partial charge in [0.1, 0.15) is 0 Å². The second kappa shape index (κ2) is 6.36. The molecule has 0 saturated carbocycles. The van der Waals surface area contributed by atoms with Crippen LogP contribution in [0.1, 0.15) is 13.8 Å². The molecule has 2 rings (SSSR count). The lowest BCUT2D eigenvalue weighted by atomic mass is 10.3. The van der Waals surface area contributed by atoms with Gasteiger partial charge in [-0.15, -0.1) is 11.8 Å². The number of hydrogen-bond acceptors (Lipinski definition) is 5. The number of aliphatic hydroxyl groups excluding tert-OH is 1. The largest absolute Gasteiger partial charge is 0.392 e. The Morgan fingerprint density at radius 2 is 2.21 bits per heavy atom. The van der Waals surface area contributed by atoms with Gasteiger partial charge in [-0.05, 0) is 19.1 Å². The van der Waals surface area contributed by atoms with Crippen molar-refractivity contribution in [3.05, 3.63) is 24.3 Å². The van der Waals surface area contributed by atoms with Gasteiger partial charge in [0.15, 0.2) is 5.13 Å². The Balaban J connectivity index is 1.91. The van der Waals surface area contributed by atoms with E-state index in [1.807, 2.05) is 31.2 Å². The van der Waals surface area contributed by atoms with Gasteiger partial charge >= 0.3 is 0 Å². The Kier molecular flexibility index (Phi) is 4.79. The second-order valence-electron chi connectivity index (χ2n) is 4.29. The van der Waals surface area contributed by atoms with Gasteiger partial charge < -0.3 is 10.4 Å². The molecule has 0 fully saturated rings. The third kappa shape index (κ3) is 3.92. The summed E-state index contributed by atoms with van der Waals surface area (Å²) < 4.78 is 1.06. The van der Waals surface area contributed by atoms with Crippen molar-refractivity contribution in [3.63, 3.8) is 0 Å². The summed E-state index contributed by atoms with van der Waals surface area (Å²) in [5.74, 6) is 0.235. The van der Waals surface area contributed by atoms with Crippen molar-refractivity contribution in [1.29, 1.82) is 0 Å². The van der Waals surface area contributed by atoms with E-state index in [9.17, 15) is 9.90 Å². The summed E-state index contributed by atoms with van der Waals surface area (Å²) in [5, 5.41) is 12.8. The summed E-state index contributed by atoms with van der Waals surface area (Å²) in [6.45, 7) is 3.63. The second-order valence-corrected chi connectivity index (χ2v) is 6.69. The molecule has 4 nitrogen and oxygen atoms in total. The number of thioether (sulfide) groups is 1. The van der Waals surface area contributed by atoms with Crippen LogP contribution in [0.3, 0.4) is 0 Å². The Bertz CT molecular complexity index is 536. The molecule has 2 N–H and O–H groups in total. The Hall–Kier alpha value is -1.11. The van der Waals surface area contributed by atoms with Crippen LogP contribution in [0.5, 0.6) is 0 Å². The Morgan fingerprint density at radius 1 is 1.47 bits per heavy atom. The predicted molar refractivity (Wildman–Crippen MR) is 81.9 cm³/mol. The van der Waals surface area contributed by atoms with Gasteiger partial charge in [-0.25, -0.2) is 4.98 Å². The molecule has 2 unspecified atom stereocenters. The quantitative estimate of drug-likeness (QED) is 0.890. The minimum absolute atomic E-state index is 0.0427. The third-order valence-electron chi connectivity index (χ3n) is 2.70. The smallest absolute Gasteiger partial charge is 0.236 e. The number of carbonyl (C=O) groups excluding carboxylic acids is 1. The molecule has 1 heterocycles. The number of aromatic nitrogens is 1. The van der Waals surface area contributed by atoms with E-state index < -0.39 is 6.10 Å². The maximum Gasteiger partial charge on any atom is 0.236 e. The van der Waals surface area contributed by atoms with E-state index in [0.717, 1.165) is 10.2 Å². The number of nitrogens with one attached hydrogen (secondary N) is 1. The van der Waals surface area contributed by atoms with Crippen LogP contribution in [0.25, 0.3) is 10.2 Å². The molecule has 0 spiro atoms. The molecule has 0 aliphatic heterocycles. The summed E-state index contributed by atoms with van der Waals surface area (Å²) >= 11 is 2.90. The van der Waals surface area contributed by atoms with Crippen LogP contribution in [0.2, 0.25) is 0 Å². The molecule has 1 aromatic carbocycles. The fraction of sp³-hybridized carbons (Fsp3) is 0.385. The minimum atomic E-state index is -0.416. The van der Waals surface area contributed by atoms with E-state index >= 15 is 0 Å². The minimum Gasteiger partial charge on any atom is -0.392 e. The van der Waals surface area contributed by atoms with E-state index in [4.69, 9.17) is 0 Å². The molecule has 102 valence electrons. The third-order valence-corrected chi connectivity index (χ3v) is 5.00. The lowest BCUT2D eigenvalue weighted by molar-refractivity contribution is -0.113. The fourth-order valence-electron chi connectivity index (χ4n) is 1.43. The molecule has 0 radical (unpaired) electrons. The fourth-order valence-corrected chi connectivity index (χ4v) is 3.07. The van der Waals surface area contributed by atoms with Gasteiger partial charge in [0.2, 0.25) is 5.91 Å². The number of benzene rings is 1. The first-order valence-electron chi connectivity index (χ1n) is 6.01. The van der Waals surface area contributed by atoms with E-state index in [2.05, 4.69) is 10.3 Å². The van der Waals surface area contributed by atoms with E-state index in [1.165, 1.54) is 23.1 Å². The highest BCUT2D eigenvalue weighted by Gasteiger charge is 2.13. The lowest BCUT2D eigenvalue weighted by Crippen LogP contribution is -2.20. The zero-order valence-electron chi connectivity index (χ0n) is 10.8. The molecule has 1 aromatic heterocycles. The maximum atomic E-state index is 11.8. The van der Waals surface area contributed by atoms with Crippen LogP contribution in [-0.4, -0.2) is 33.1 Å². The van der Waals surface area contributed by atoms with Crippen molar-refractivity contribution in [1.82, 2.24) is 4.98 Å². The number of thiazole rings is 1. The first-order chi connectivity index (χ1) is 9.06. The first kappa shape index (κ1) is 14.3. The lowest BCUT2D eigenvalue weighted by Gasteiger charge is -2.13. The van der Waals surface area contributed by atoms with Gasteiger partial charge in [0.05, 0.1) is 22.1 Å². The van der Waals surface area contributed by atoms with Crippen LogP contribution < -0.4 is 5.32 Å². The molecular weight excluding hydrogens is 280 g/mol. The van der Waals surface area contributed by atoms with Crippen LogP contribution in [0.15, 0.2) is 24.3 Å². The highest BCUT2D eigenvalue weighted by molar-refractivity contribution is 8.00. The predicted octanol–water partition coefficient (Wildman–Crippen LogP) is 2.74. The van der Waals surface area contributed by atoms with Crippen LogP contribution in [0.4, 0.5) is 5.13 Å². The van der Waals surface area contributed by atoms with Crippen molar-refractivity contribution in [3.8, 4) is 0 Å². The number of hydrogen-bond donors (Lipinski definition) is 2. The SMILES string of the molecule is CC(O)C(C)SCC(=O)Nc1nc2ccccc2s1. The van der Waals surface area contributed by atoms with E-state index in [0.29, 0.717) is 10.9 Å². The summed E-state index contributed by atoms with van der Waals surface area (Å²) in [5.41, 5.74) is 0.896. The summed E-state index contributed by atoms with van der Waals surface area (Å²) in [4.78, 5) is 16.1. The number of anilines is 1. The van der Waals surface area contributed by atoms with Gasteiger partial charge in [-0.1, -0.05) is 30.4 Å². The zero-order valence-corrected chi connectivity index (χ0v) is 12.4. The number of rotatable bonds is 5. The zero-order chi connectivity index (χ0) is 13.8. The molecule has 1 amide bonds. The number of para-hydroxylation sites is 1. The summed E-state index contributed by atoms with van der Waals surface area (Å²) in [7, 11) is 0. The summed E-state index contributed by atoms with van der Waals surface area (Å²) in [6, 6.07) is 7.78. The van der Waals surface area contributed by atoms with E-state index in [1.54, 1.807) is 6.92 Å². The summed E-state index contributed by atoms with van der Waals surface area (Å²) in [6.07, 6.45) is -0.416. The van der Waals surface area contributed by atoms with Crippen LogP contribution in [-0.2, 0) is 4.79 Å². The highest BCUT2D eigenvalue weighted by atomic mass is 32.2. The van der Waals surface area contributed by atoms with Crippen molar-refractivity contribution in [2.45, 2.75) is 25.2 Å². The van der Waals surface area contributed by atoms with Crippen LogP contribution >= 0.6 is 23.1 Å². The van der Waals surface area contributed by atoms with E-state index in [-0.39, 0.29) is 11.2 Å². The van der Waals surface area contributed by atoms with Crippen LogP contribution in [0, 0.1) is 0 Å². The van der Waals surface area contributed by atoms with Gasteiger partial charge in [0.25, 0.3) is 0 Å². The number of carbonyl (C=O) groups is 1. The molecule has 0 saturated heterocycles. The van der Waals surface area contributed by atoms with Crippen molar-refractivity contribution in [2.24, 2.45) is 0 Å². The van der Waals surface area contributed by atoms with Gasteiger partial charge in [-0.3, -0.25) is 4.79 Å². The number of fused-ring (bicyclic) bond motifs is 1. The van der Waals surface area contributed by atoms with Crippen molar-refractivity contribution >= 4 is 44.4 Å². The Labute approximate surface area is 120 Å². The molecule has 6 heteroatoms. The molecule has 0 aliphatic rings. The highest BCUT2D eigenvalue weighted by Crippen LogP contribution is 2.25. The first-order valence-corrected chi connectivity index (χ1v) is 7.88. The van der Waals surface area contributed by atoms with Gasteiger partial charge in [0, 0.05) is 5.25 Å². The topological polar surface area (TPSA) is 62.2 Å². The normalized spacial score (nSPS) is 14.3. The average Bonchev–Trinajstić information content (AvgIpc) is 2.77. The number of nitrogens with zero attached hydrogens (tertiary/aromatic N) is 1. The number of amides is 1. The average molecular weight is 296 g/mol. The van der Waals surface area contributed by atoms with Crippen molar-refractivity contribution < 1.29 is 9.90 Å². The molecular formula is C13H16N2O2S2. The monoisotopic (exact) mass is 296 g/mol. The van der Waals surface area contributed by atoms with Crippen molar-refractivity contribution in [2.75, 3.05) is 11.1 Å².